The Morgan fingerprint density at radius 3 is 2.50 bits per heavy atom. The molecule has 1 N–H and O–H groups in total. The zero-order valence-electron chi connectivity index (χ0n) is 14.1. The van der Waals surface area contributed by atoms with Crippen molar-refractivity contribution in [2.24, 2.45) is 0 Å². The van der Waals surface area contributed by atoms with Gasteiger partial charge in [0.1, 0.15) is 5.82 Å². The molecule has 0 unspecified atom stereocenters. The third kappa shape index (κ3) is 3.51. The number of rotatable bonds is 4. The van der Waals surface area contributed by atoms with Gasteiger partial charge in [0.25, 0.3) is 5.91 Å². The van der Waals surface area contributed by atoms with E-state index < -0.39 is 0 Å². The first-order chi connectivity index (χ1) is 11.5. The molecule has 0 bridgehead atoms. The maximum Gasteiger partial charge on any atom is 0.256 e. The molecule has 0 saturated carbocycles. The highest BCUT2D eigenvalue weighted by Crippen LogP contribution is 2.13. The lowest BCUT2D eigenvalue weighted by Gasteiger charge is -2.08. The molecule has 0 fully saturated rings. The van der Waals surface area contributed by atoms with Crippen LogP contribution < -0.4 is 5.32 Å². The summed E-state index contributed by atoms with van der Waals surface area (Å²) in [5, 5.41) is 7.30. The van der Waals surface area contributed by atoms with Gasteiger partial charge in [-0.1, -0.05) is 18.2 Å². The van der Waals surface area contributed by atoms with Crippen molar-refractivity contribution in [1.29, 1.82) is 0 Å². The van der Waals surface area contributed by atoms with Gasteiger partial charge in [-0.05, 0) is 56.2 Å². The van der Waals surface area contributed by atoms with Crippen LogP contribution in [0.5, 0.6) is 0 Å². The lowest BCUT2D eigenvalue weighted by atomic mass is 10.1. The fourth-order valence-corrected chi connectivity index (χ4v) is 2.57. The van der Waals surface area contributed by atoms with Crippen LogP contribution in [0.3, 0.4) is 0 Å². The van der Waals surface area contributed by atoms with Crippen LogP contribution >= 0.6 is 0 Å². The Bertz CT molecular complexity index is 865. The van der Waals surface area contributed by atoms with Gasteiger partial charge in [0.05, 0.1) is 12.2 Å². The molecule has 122 valence electrons. The van der Waals surface area contributed by atoms with Crippen LogP contribution in [0, 0.1) is 20.8 Å². The van der Waals surface area contributed by atoms with Gasteiger partial charge in [-0.25, -0.2) is 4.98 Å². The Morgan fingerprint density at radius 2 is 1.88 bits per heavy atom. The first kappa shape index (κ1) is 15.9. The quantitative estimate of drug-likeness (QED) is 0.800. The number of hydrogen-bond acceptors (Lipinski definition) is 3. The smallest absolute Gasteiger partial charge is 0.256 e. The fraction of sp³-hybridized carbons (Fsp3) is 0.211. The van der Waals surface area contributed by atoms with Crippen molar-refractivity contribution < 1.29 is 4.79 Å². The summed E-state index contributed by atoms with van der Waals surface area (Å²) in [6.45, 7) is 6.63. The predicted molar refractivity (Wildman–Crippen MR) is 94.2 cm³/mol. The minimum absolute atomic E-state index is 0.158. The lowest BCUT2D eigenvalue weighted by molar-refractivity contribution is 0.102. The summed E-state index contributed by atoms with van der Waals surface area (Å²) < 4.78 is 1.96. The van der Waals surface area contributed by atoms with Crippen LogP contribution in [0.15, 0.2) is 48.7 Å². The van der Waals surface area contributed by atoms with Crippen LogP contribution in [0.25, 0.3) is 0 Å². The van der Waals surface area contributed by atoms with Crippen molar-refractivity contribution in [3.63, 3.8) is 0 Å². The maximum absolute atomic E-state index is 12.3. The topological polar surface area (TPSA) is 59.8 Å². The van der Waals surface area contributed by atoms with Gasteiger partial charge in [-0.15, -0.1) is 0 Å². The van der Waals surface area contributed by atoms with Crippen molar-refractivity contribution in [3.05, 3.63) is 76.7 Å². The van der Waals surface area contributed by atoms with Crippen molar-refractivity contribution >= 4 is 11.7 Å². The highest BCUT2D eigenvalue weighted by molar-refractivity contribution is 6.04. The Hall–Kier alpha value is -2.95. The van der Waals surface area contributed by atoms with Crippen molar-refractivity contribution in [2.75, 3.05) is 5.32 Å². The minimum Gasteiger partial charge on any atom is -0.306 e. The van der Waals surface area contributed by atoms with Crippen LogP contribution in [-0.2, 0) is 6.54 Å². The van der Waals surface area contributed by atoms with Gasteiger partial charge in [0.2, 0.25) is 0 Å². The summed E-state index contributed by atoms with van der Waals surface area (Å²) in [5.41, 5.74) is 4.78. The molecule has 0 aliphatic carbocycles. The van der Waals surface area contributed by atoms with Crippen LogP contribution in [0.2, 0.25) is 0 Å². The number of aryl methyl sites for hydroxylation is 3. The lowest BCUT2D eigenvalue weighted by Crippen LogP contribution is -2.14. The second-order valence-corrected chi connectivity index (χ2v) is 5.90. The summed E-state index contributed by atoms with van der Waals surface area (Å²) in [7, 11) is 0. The van der Waals surface area contributed by atoms with Crippen LogP contribution in [0.1, 0.15) is 32.9 Å². The molecule has 1 amide bonds. The fourth-order valence-electron chi connectivity index (χ4n) is 2.57. The van der Waals surface area contributed by atoms with E-state index in [0.717, 1.165) is 22.5 Å². The molecule has 5 heteroatoms. The van der Waals surface area contributed by atoms with Crippen molar-refractivity contribution in [2.45, 2.75) is 27.3 Å². The molecule has 5 nitrogen and oxygen atoms in total. The SMILES string of the molecule is Cc1cc(C)n(Cc2ccc(C(=O)Nc3ncccc3C)cc2)n1. The molecule has 2 aromatic heterocycles. The summed E-state index contributed by atoms with van der Waals surface area (Å²) in [4.78, 5) is 16.5. The highest BCUT2D eigenvalue weighted by Gasteiger charge is 2.09. The third-order valence-electron chi connectivity index (χ3n) is 3.89. The molecule has 0 radical (unpaired) electrons. The van der Waals surface area contributed by atoms with Crippen LogP contribution in [0.4, 0.5) is 5.82 Å². The number of hydrogen-bond donors (Lipinski definition) is 1. The first-order valence-electron chi connectivity index (χ1n) is 7.86. The van der Waals surface area contributed by atoms with E-state index in [2.05, 4.69) is 21.5 Å². The summed E-state index contributed by atoms with van der Waals surface area (Å²) in [5.74, 6) is 0.434. The van der Waals surface area contributed by atoms with E-state index in [0.29, 0.717) is 17.9 Å². The average Bonchev–Trinajstić information content (AvgIpc) is 2.88. The second-order valence-electron chi connectivity index (χ2n) is 5.90. The van der Waals surface area contributed by atoms with Crippen LogP contribution in [-0.4, -0.2) is 20.7 Å². The molecule has 0 atom stereocenters. The number of nitrogens with zero attached hydrogens (tertiary/aromatic N) is 3. The van der Waals surface area contributed by atoms with Crippen molar-refractivity contribution in [1.82, 2.24) is 14.8 Å². The molecule has 3 rings (SSSR count). The molecular weight excluding hydrogens is 300 g/mol. The number of benzene rings is 1. The molecule has 0 spiro atoms. The summed E-state index contributed by atoms with van der Waals surface area (Å²) in [6.07, 6.45) is 1.67. The number of carbonyl (C=O) groups excluding carboxylic acids is 1. The van der Waals surface area contributed by atoms with E-state index in [4.69, 9.17) is 0 Å². The Labute approximate surface area is 141 Å². The molecule has 0 saturated heterocycles. The molecular formula is C19H20N4O. The van der Waals surface area contributed by atoms with E-state index in [1.54, 1.807) is 6.20 Å². The molecule has 24 heavy (non-hydrogen) atoms. The minimum atomic E-state index is -0.158. The zero-order valence-corrected chi connectivity index (χ0v) is 14.1. The van der Waals surface area contributed by atoms with E-state index in [1.807, 2.05) is 61.9 Å². The monoisotopic (exact) mass is 320 g/mol. The molecule has 3 aromatic rings. The van der Waals surface area contributed by atoms with Gasteiger partial charge in [-0.2, -0.15) is 5.10 Å². The summed E-state index contributed by atoms with van der Waals surface area (Å²) in [6, 6.07) is 13.4. The normalized spacial score (nSPS) is 10.6. The Kier molecular flexibility index (Phi) is 4.42. The largest absolute Gasteiger partial charge is 0.306 e. The van der Waals surface area contributed by atoms with Gasteiger partial charge < -0.3 is 5.32 Å². The molecule has 0 aliphatic rings. The highest BCUT2D eigenvalue weighted by atomic mass is 16.1. The molecule has 1 aromatic carbocycles. The standard InChI is InChI=1S/C19H20N4O/c1-13-5-4-10-20-18(13)21-19(24)17-8-6-16(7-9-17)12-23-15(3)11-14(2)22-23/h4-11H,12H2,1-3H3,(H,20,21,24). The average molecular weight is 320 g/mol. The van der Waals surface area contributed by atoms with Gasteiger partial charge >= 0.3 is 0 Å². The van der Waals surface area contributed by atoms with E-state index >= 15 is 0 Å². The van der Waals surface area contributed by atoms with Gasteiger partial charge in [0, 0.05) is 17.5 Å². The van der Waals surface area contributed by atoms with E-state index in [1.165, 1.54) is 0 Å². The van der Waals surface area contributed by atoms with Gasteiger partial charge in [-0.3, -0.25) is 9.48 Å². The third-order valence-corrected chi connectivity index (χ3v) is 3.89. The first-order valence-corrected chi connectivity index (χ1v) is 7.86. The maximum atomic E-state index is 12.3. The number of nitrogens with one attached hydrogen (secondary N) is 1. The number of aromatic nitrogens is 3. The number of amides is 1. The Balaban J connectivity index is 1.71. The van der Waals surface area contributed by atoms with E-state index in [-0.39, 0.29) is 5.91 Å². The predicted octanol–water partition coefficient (Wildman–Crippen LogP) is 3.50. The van der Waals surface area contributed by atoms with Gasteiger partial charge in [0.15, 0.2) is 0 Å². The summed E-state index contributed by atoms with van der Waals surface area (Å²) >= 11 is 0. The van der Waals surface area contributed by atoms with E-state index in [9.17, 15) is 4.79 Å². The number of anilines is 1. The number of carbonyl (C=O) groups is 1. The zero-order chi connectivity index (χ0) is 17.1. The Morgan fingerprint density at radius 1 is 1.12 bits per heavy atom. The number of pyridine rings is 1. The molecule has 2 heterocycles. The molecule has 0 aliphatic heterocycles. The second kappa shape index (κ2) is 6.66. The van der Waals surface area contributed by atoms with Crippen molar-refractivity contribution in [3.8, 4) is 0 Å².